The molecule has 0 spiro atoms. The van der Waals surface area contributed by atoms with Crippen LogP contribution >= 0.6 is 22.9 Å². The van der Waals surface area contributed by atoms with Crippen LogP contribution in [0, 0.1) is 0 Å². The summed E-state index contributed by atoms with van der Waals surface area (Å²) < 4.78 is 34.7. The molecule has 0 aliphatic carbocycles. The number of sulfonamides is 1. The minimum atomic E-state index is -3.75. The van der Waals surface area contributed by atoms with Crippen molar-refractivity contribution in [1.29, 1.82) is 0 Å². The van der Waals surface area contributed by atoms with E-state index in [1.807, 2.05) is 24.3 Å². The molecule has 2 heterocycles. The molecule has 3 aromatic rings. The Kier molecular flexibility index (Phi) is 6.67. The highest BCUT2D eigenvalue weighted by molar-refractivity contribution is 7.94. The van der Waals surface area contributed by atoms with Crippen molar-refractivity contribution < 1.29 is 13.2 Å². The summed E-state index contributed by atoms with van der Waals surface area (Å²) >= 11 is 7.46. The first kappa shape index (κ1) is 22.9. The Morgan fingerprint density at radius 2 is 1.81 bits per heavy atom. The van der Waals surface area contributed by atoms with E-state index in [2.05, 4.69) is 28.8 Å². The maximum atomic E-state index is 13.1. The normalized spacial score (nSPS) is 19.1. The Morgan fingerprint density at radius 1 is 1.09 bits per heavy atom. The molecule has 2 N–H and O–H groups in total. The van der Waals surface area contributed by atoms with Gasteiger partial charge in [0.05, 0.1) is 18.5 Å². The van der Waals surface area contributed by atoms with E-state index < -0.39 is 10.0 Å². The average molecular weight is 492 g/mol. The highest BCUT2D eigenvalue weighted by Crippen LogP contribution is 2.37. The Balaban J connectivity index is 1.60. The fourth-order valence-electron chi connectivity index (χ4n) is 4.00. The van der Waals surface area contributed by atoms with Crippen molar-refractivity contribution in [2.45, 2.75) is 30.1 Å². The summed E-state index contributed by atoms with van der Waals surface area (Å²) in [5.41, 5.74) is 2.18. The summed E-state index contributed by atoms with van der Waals surface area (Å²) in [4.78, 5) is 3.03. The van der Waals surface area contributed by atoms with Gasteiger partial charge in [-0.2, -0.15) is 0 Å². The molecular weight excluding hydrogens is 466 g/mol. The van der Waals surface area contributed by atoms with Crippen molar-refractivity contribution in [3.05, 3.63) is 59.6 Å². The van der Waals surface area contributed by atoms with E-state index in [4.69, 9.17) is 16.3 Å². The second kappa shape index (κ2) is 9.31. The van der Waals surface area contributed by atoms with Gasteiger partial charge in [0.1, 0.15) is 9.96 Å². The van der Waals surface area contributed by atoms with Gasteiger partial charge in [-0.15, -0.1) is 11.3 Å². The van der Waals surface area contributed by atoms with Crippen molar-refractivity contribution in [1.82, 2.24) is 5.32 Å². The third-order valence-corrected chi connectivity index (χ3v) is 8.64. The zero-order valence-electron chi connectivity index (χ0n) is 18.1. The first-order valence-corrected chi connectivity index (χ1v) is 13.0. The Labute approximate surface area is 198 Å². The third kappa shape index (κ3) is 4.88. The van der Waals surface area contributed by atoms with Crippen LogP contribution in [-0.2, 0) is 10.0 Å². The lowest BCUT2D eigenvalue weighted by molar-refractivity contribution is 0.391. The van der Waals surface area contributed by atoms with Crippen LogP contribution in [0.15, 0.2) is 58.8 Å². The number of hydrogen-bond acceptors (Lipinski definition) is 6. The van der Waals surface area contributed by atoms with Gasteiger partial charge in [0.15, 0.2) is 0 Å². The van der Waals surface area contributed by atoms with E-state index in [-0.39, 0.29) is 4.21 Å². The number of nitrogens with zero attached hydrogens (tertiary/aromatic N) is 1. The SMILES string of the molecule is COc1ccc(NS(=O)(=O)c2ccc(-c3ccccc3Cl)s2)cc1N1C[C@@H](C)N[C@@H](C)C1. The molecule has 2 aromatic carbocycles. The first-order chi connectivity index (χ1) is 15.3. The molecule has 0 radical (unpaired) electrons. The Hall–Kier alpha value is -2.26. The molecule has 1 aliphatic heterocycles. The molecule has 4 rings (SSSR count). The topological polar surface area (TPSA) is 70.7 Å². The van der Waals surface area contributed by atoms with Gasteiger partial charge in [-0.05, 0) is 50.2 Å². The van der Waals surface area contributed by atoms with Crippen molar-refractivity contribution in [3.63, 3.8) is 0 Å². The van der Waals surface area contributed by atoms with Crippen LogP contribution < -0.4 is 19.7 Å². The zero-order chi connectivity index (χ0) is 22.9. The van der Waals surface area contributed by atoms with E-state index in [1.54, 1.807) is 37.4 Å². The molecule has 170 valence electrons. The minimum absolute atomic E-state index is 0.231. The van der Waals surface area contributed by atoms with Crippen LogP contribution in [0.3, 0.4) is 0 Å². The Bertz CT molecular complexity index is 1200. The Morgan fingerprint density at radius 3 is 2.50 bits per heavy atom. The zero-order valence-corrected chi connectivity index (χ0v) is 20.5. The van der Waals surface area contributed by atoms with Crippen LogP contribution in [0.25, 0.3) is 10.4 Å². The predicted octanol–water partition coefficient (Wildman–Crippen LogP) is 5.06. The van der Waals surface area contributed by atoms with Gasteiger partial charge < -0.3 is 15.0 Å². The van der Waals surface area contributed by atoms with Crippen LogP contribution in [0.2, 0.25) is 5.02 Å². The predicted molar refractivity (Wildman–Crippen MR) is 133 cm³/mol. The van der Waals surface area contributed by atoms with E-state index >= 15 is 0 Å². The summed E-state index contributed by atoms with van der Waals surface area (Å²) in [6, 6.07) is 16.8. The molecule has 0 amide bonds. The molecule has 1 saturated heterocycles. The second-order valence-corrected chi connectivity index (χ2v) is 11.4. The lowest BCUT2D eigenvalue weighted by Gasteiger charge is -2.38. The fourth-order valence-corrected chi connectivity index (χ4v) is 6.69. The second-order valence-electron chi connectivity index (χ2n) is 7.96. The lowest BCUT2D eigenvalue weighted by Crippen LogP contribution is -2.54. The number of piperazine rings is 1. The van der Waals surface area contributed by atoms with Gasteiger partial charge in [0.2, 0.25) is 0 Å². The maximum Gasteiger partial charge on any atom is 0.271 e. The fraction of sp³-hybridized carbons (Fsp3) is 0.304. The summed E-state index contributed by atoms with van der Waals surface area (Å²) in [5.74, 6) is 0.714. The number of methoxy groups -OCH3 is 1. The number of thiophene rings is 1. The first-order valence-electron chi connectivity index (χ1n) is 10.3. The van der Waals surface area contributed by atoms with E-state index in [1.165, 1.54) is 11.3 Å². The van der Waals surface area contributed by atoms with Gasteiger partial charge in [0, 0.05) is 40.6 Å². The molecular formula is C23H26ClN3O3S2. The van der Waals surface area contributed by atoms with E-state index in [0.717, 1.165) is 29.2 Å². The third-order valence-electron chi connectivity index (χ3n) is 5.31. The molecule has 0 unspecified atom stereocenters. The summed E-state index contributed by atoms with van der Waals surface area (Å²) in [6.45, 7) is 5.89. The highest BCUT2D eigenvalue weighted by Gasteiger charge is 2.25. The van der Waals surface area contributed by atoms with E-state index in [9.17, 15) is 8.42 Å². The number of halogens is 1. The minimum Gasteiger partial charge on any atom is -0.495 e. The van der Waals surface area contributed by atoms with Crippen molar-refractivity contribution in [3.8, 4) is 16.2 Å². The molecule has 1 fully saturated rings. The highest BCUT2D eigenvalue weighted by atomic mass is 35.5. The molecule has 1 aromatic heterocycles. The average Bonchev–Trinajstić information content (AvgIpc) is 3.24. The largest absolute Gasteiger partial charge is 0.495 e. The van der Waals surface area contributed by atoms with E-state index in [0.29, 0.717) is 28.5 Å². The van der Waals surface area contributed by atoms with Gasteiger partial charge >= 0.3 is 0 Å². The standard InChI is InChI=1S/C23H26ClN3O3S2/c1-15-13-27(14-16(2)25-15)20-12-17(8-9-21(20)30-3)26-32(28,29)23-11-10-22(31-23)18-6-4-5-7-19(18)24/h4-12,15-16,25-26H,13-14H2,1-3H3/t15-,16+. The van der Waals surface area contributed by atoms with Crippen LogP contribution in [0.4, 0.5) is 11.4 Å². The van der Waals surface area contributed by atoms with Gasteiger partial charge in [-0.25, -0.2) is 8.42 Å². The monoisotopic (exact) mass is 491 g/mol. The molecule has 0 saturated carbocycles. The summed E-state index contributed by atoms with van der Waals surface area (Å²) in [6.07, 6.45) is 0. The molecule has 6 nitrogen and oxygen atoms in total. The quantitative estimate of drug-likeness (QED) is 0.504. The van der Waals surface area contributed by atoms with Crippen molar-refractivity contribution >= 4 is 44.3 Å². The number of nitrogens with one attached hydrogen (secondary N) is 2. The summed E-state index contributed by atoms with van der Waals surface area (Å²) in [7, 11) is -2.12. The molecule has 2 atom stereocenters. The smallest absolute Gasteiger partial charge is 0.271 e. The van der Waals surface area contributed by atoms with Gasteiger partial charge in [0.25, 0.3) is 10.0 Å². The number of ether oxygens (including phenoxy) is 1. The lowest BCUT2D eigenvalue weighted by atomic mass is 10.1. The number of rotatable bonds is 6. The van der Waals surface area contributed by atoms with Crippen LogP contribution in [0.5, 0.6) is 5.75 Å². The number of anilines is 2. The number of benzene rings is 2. The van der Waals surface area contributed by atoms with Gasteiger partial charge in [-0.1, -0.05) is 29.8 Å². The molecule has 9 heteroatoms. The molecule has 32 heavy (non-hydrogen) atoms. The van der Waals surface area contributed by atoms with Crippen molar-refractivity contribution in [2.75, 3.05) is 29.8 Å². The van der Waals surface area contributed by atoms with Crippen LogP contribution in [0.1, 0.15) is 13.8 Å². The molecule has 1 aliphatic rings. The molecule has 0 bridgehead atoms. The summed E-state index contributed by atoms with van der Waals surface area (Å²) in [5, 5.41) is 4.10. The maximum absolute atomic E-state index is 13.1. The number of hydrogen-bond donors (Lipinski definition) is 2. The van der Waals surface area contributed by atoms with Gasteiger partial charge in [-0.3, -0.25) is 4.72 Å². The van der Waals surface area contributed by atoms with Crippen LogP contribution in [-0.4, -0.2) is 40.7 Å². The van der Waals surface area contributed by atoms with Crippen molar-refractivity contribution in [2.24, 2.45) is 0 Å².